The number of benzene rings is 2. The molecule has 0 spiro atoms. The van der Waals surface area contributed by atoms with Gasteiger partial charge in [0, 0.05) is 14.1 Å². The van der Waals surface area contributed by atoms with E-state index in [0.717, 1.165) is 5.56 Å². The Bertz CT molecular complexity index is 980. The molecular formula is C20H23NO6S. The zero-order chi connectivity index (χ0) is 21.1. The second-order valence-electron chi connectivity index (χ2n) is 6.61. The summed E-state index contributed by atoms with van der Waals surface area (Å²) in [6.07, 6.45) is -0.928. The summed E-state index contributed by atoms with van der Waals surface area (Å²) >= 11 is 0. The minimum Gasteiger partial charge on any atom is -0.449 e. The van der Waals surface area contributed by atoms with Gasteiger partial charge in [-0.25, -0.2) is 4.79 Å². The van der Waals surface area contributed by atoms with Crippen LogP contribution in [0.5, 0.6) is 5.75 Å². The molecule has 7 nitrogen and oxygen atoms in total. The first kappa shape index (κ1) is 21.4. The summed E-state index contributed by atoms with van der Waals surface area (Å²) in [7, 11) is -0.876. The van der Waals surface area contributed by atoms with Gasteiger partial charge in [0.2, 0.25) is 0 Å². The standard InChI is InChI=1S/C20H23NO6S/c1-13-6-7-14(2)18(12-13)28(24,25)27-17-10-8-16(9-11-17)20(23)26-15(3)19(22)21(4)5/h6-12,15H,1-5H3/t15-/m0/s1. The number of hydrogen-bond acceptors (Lipinski definition) is 6. The molecule has 0 unspecified atom stereocenters. The van der Waals surface area contributed by atoms with E-state index < -0.39 is 22.2 Å². The van der Waals surface area contributed by atoms with Gasteiger partial charge in [-0.1, -0.05) is 12.1 Å². The number of ether oxygens (including phenoxy) is 1. The third kappa shape index (κ3) is 5.10. The lowest BCUT2D eigenvalue weighted by molar-refractivity contribution is -0.137. The van der Waals surface area contributed by atoms with Gasteiger partial charge in [0.25, 0.3) is 5.91 Å². The maximum absolute atomic E-state index is 12.5. The van der Waals surface area contributed by atoms with Gasteiger partial charge in [0.1, 0.15) is 10.6 Å². The van der Waals surface area contributed by atoms with Gasteiger partial charge in [-0.2, -0.15) is 8.42 Å². The molecule has 0 heterocycles. The van der Waals surface area contributed by atoms with Gasteiger partial charge in [-0.05, 0) is 62.2 Å². The van der Waals surface area contributed by atoms with Crippen molar-refractivity contribution in [2.45, 2.75) is 31.8 Å². The molecular weight excluding hydrogens is 382 g/mol. The monoisotopic (exact) mass is 405 g/mol. The van der Waals surface area contributed by atoms with Gasteiger partial charge >= 0.3 is 16.1 Å². The Kier molecular flexibility index (Phi) is 6.45. The van der Waals surface area contributed by atoms with Gasteiger partial charge in [0.15, 0.2) is 6.10 Å². The number of nitrogens with zero attached hydrogens (tertiary/aromatic N) is 1. The summed E-state index contributed by atoms with van der Waals surface area (Å²) < 4.78 is 35.3. The van der Waals surface area contributed by atoms with E-state index in [9.17, 15) is 18.0 Å². The van der Waals surface area contributed by atoms with Crippen LogP contribution in [0.4, 0.5) is 0 Å². The maximum Gasteiger partial charge on any atom is 0.339 e. The zero-order valence-corrected chi connectivity index (χ0v) is 17.2. The highest BCUT2D eigenvalue weighted by atomic mass is 32.2. The van der Waals surface area contributed by atoms with Crippen LogP contribution in [0.25, 0.3) is 0 Å². The van der Waals surface area contributed by atoms with E-state index in [4.69, 9.17) is 8.92 Å². The normalized spacial score (nSPS) is 12.2. The van der Waals surface area contributed by atoms with Crippen molar-refractivity contribution in [1.82, 2.24) is 4.90 Å². The minimum absolute atomic E-state index is 0.0647. The number of carbonyl (C=O) groups excluding carboxylic acids is 2. The van der Waals surface area contributed by atoms with E-state index in [1.54, 1.807) is 40.1 Å². The summed E-state index contributed by atoms with van der Waals surface area (Å²) in [6.45, 7) is 4.96. The molecule has 0 aliphatic carbocycles. The molecule has 8 heteroatoms. The van der Waals surface area contributed by atoms with Crippen LogP contribution in [0.1, 0.15) is 28.4 Å². The number of rotatable bonds is 6. The Morgan fingerprint density at radius 3 is 2.18 bits per heavy atom. The number of hydrogen-bond donors (Lipinski definition) is 0. The lowest BCUT2D eigenvalue weighted by Crippen LogP contribution is -2.34. The molecule has 0 bridgehead atoms. The Morgan fingerprint density at radius 2 is 1.61 bits per heavy atom. The predicted molar refractivity (Wildman–Crippen MR) is 104 cm³/mol. The molecule has 0 saturated heterocycles. The lowest BCUT2D eigenvalue weighted by atomic mass is 10.2. The van der Waals surface area contributed by atoms with Crippen molar-refractivity contribution in [3.8, 4) is 5.75 Å². The Hall–Kier alpha value is -2.87. The van der Waals surface area contributed by atoms with Gasteiger partial charge in [-0.15, -0.1) is 0 Å². The predicted octanol–water partition coefficient (Wildman–Crippen LogP) is 2.70. The van der Waals surface area contributed by atoms with Crippen LogP contribution in [-0.2, 0) is 19.6 Å². The Morgan fingerprint density at radius 1 is 1.00 bits per heavy atom. The highest BCUT2D eigenvalue weighted by molar-refractivity contribution is 7.87. The van der Waals surface area contributed by atoms with E-state index in [1.165, 1.54) is 36.1 Å². The topological polar surface area (TPSA) is 90.0 Å². The number of likely N-dealkylation sites (N-methyl/N-ethyl adjacent to an activating group) is 1. The SMILES string of the molecule is Cc1ccc(C)c(S(=O)(=O)Oc2ccc(C(=O)O[C@@H](C)C(=O)N(C)C)cc2)c1. The smallest absolute Gasteiger partial charge is 0.339 e. The molecule has 0 aromatic heterocycles. The van der Waals surface area contributed by atoms with Crippen LogP contribution >= 0.6 is 0 Å². The van der Waals surface area contributed by atoms with Crippen molar-refractivity contribution in [2.24, 2.45) is 0 Å². The van der Waals surface area contributed by atoms with Crippen LogP contribution in [0.3, 0.4) is 0 Å². The van der Waals surface area contributed by atoms with Gasteiger partial charge < -0.3 is 13.8 Å². The Balaban J connectivity index is 2.13. The molecule has 2 rings (SSSR count). The fourth-order valence-electron chi connectivity index (χ4n) is 2.44. The average Bonchev–Trinajstić information content (AvgIpc) is 2.63. The van der Waals surface area contributed by atoms with Crippen LogP contribution in [0.2, 0.25) is 0 Å². The fraction of sp³-hybridized carbons (Fsp3) is 0.300. The average molecular weight is 405 g/mol. The van der Waals surface area contributed by atoms with Crippen LogP contribution in [-0.4, -0.2) is 45.4 Å². The van der Waals surface area contributed by atoms with Crippen molar-refractivity contribution in [2.75, 3.05) is 14.1 Å². The summed E-state index contributed by atoms with van der Waals surface area (Å²) in [4.78, 5) is 25.3. The van der Waals surface area contributed by atoms with Crippen molar-refractivity contribution >= 4 is 22.0 Å². The molecule has 2 aromatic rings. The molecule has 2 aromatic carbocycles. The van der Waals surface area contributed by atoms with E-state index >= 15 is 0 Å². The van der Waals surface area contributed by atoms with E-state index in [2.05, 4.69) is 0 Å². The summed E-state index contributed by atoms with van der Waals surface area (Å²) in [5.74, 6) is -0.963. The van der Waals surface area contributed by atoms with E-state index in [0.29, 0.717) is 5.56 Å². The fourth-order valence-corrected chi connectivity index (χ4v) is 3.68. The second-order valence-corrected chi connectivity index (χ2v) is 8.13. The third-order valence-corrected chi connectivity index (χ3v) is 5.37. The van der Waals surface area contributed by atoms with Crippen LogP contribution in [0.15, 0.2) is 47.4 Å². The first-order valence-corrected chi connectivity index (χ1v) is 9.96. The molecule has 0 N–H and O–H groups in total. The third-order valence-electron chi connectivity index (χ3n) is 3.98. The Labute approximate surface area is 165 Å². The van der Waals surface area contributed by atoms with E-state index in [-0.39, 0.29) is 22.1 Å². The van der Waals surface area contributed by atoms with Gasteiger partial charge in [-0.3, -0.25) is 4.79 Å². The van der Waals surface area contributed by atoms with Crippen molar-refractivity contribution in [3.63, 3.8) is 0 Å². The number of carbonyl (C=O) groups is 2. The molecule has 1 atom stereocenters. The number of amides is 1. The first-order chi connectivity index (χ1) is 13.0. The van der Waals surface area contributed by atoms with Gasteiger partial charge in [0.05, 0.1) is 5.56 Å². The van der Waals surface area contributed by atoms with Crippen molar-refractivity contribution in [1.29, 1.82) is 0 Å². The molecule has 0 radical (unpaired) electrons. The zero-order valence-electron chi connectivity index (χ0n) is 16.4. The van der Waals surface area contributed by atoms with Crippen LogP contribution in [0, 0.1) is 13.8 Å². The van der Waals surface area contributed by atoms with Crippen molar-refractivity contribution < 1.29 is 26.9 Å². The molecule has 1 amide bonds. The molecule has 28 heavy (non-hydrogen) atoms. The number of esters is 1. The maximum atomic E-state index is 12.5. The molecule has 150 valence electrons. The highest BCUT2D eigenvalue weighted by Crippen LogP contribution is 2.23. The summed E-state index contributed by atoms with van der Waals surface area (Å²) in [6, 6.07) is 10.5. The summed E-state index contributed by atoms with van der Waals surface area (Å²) in [5.41, 5.74) is 1.55. The quantitative estimate of drug-likeness (QED) is 0.542. The van der Waals surface area contributed by atoms with E-state index in [1.807, 2.05) is 6.07 Å². The molecule has 0 saturated carbocycles. The molecule has 0 aliphatic rings. The summed E-state index contributed by atoms with van der Waals surface area (Å²) in [5, 5.41) is 0. The van der Waals surface area contributed by atoms with Crippen molar-refractivity contribution in [3.05, 3.63) is 59.2 Å². The second kappa shape index (κ2) is 8.43. The first-order valence-electron chi connectivity index (χ1n) is 8.55. The highest BCUT2D eigenvalue weighted by Gasteiger charge is 2.22. The molecule has 0 fully saturated rings. The molecule has 0 aliphatic heterocycles. The minimum atomic E-state index is -4.01. The lowest BCUT2D eigenvalue weighted by Gasteiger charge is -2.17. The van der Waals surface area contributed by atoms with Crippen LogP contribution < -0.4 is 4.18 Å². The largest absolute Gasteiger partial charge is 0.449 e. The number of aryl methyl sites for hydroxylation is 2.